The van der Waals surface area contributed by atoms with Gasteiger partial charge in [-0.05, 0) is 16.6 Å². The molecule has 0 unspecified atom stereocenters. The first-order chi connectivity index (χ1) is 10.9. The van der Waals surface area contributed by atoms with Crippen LogP contribution in [-0.4, -0.2) is 19.0 Å². The summed E-state index contributed by atoms with van der Waals surface area (Å²) in [6.45, 7) is 9.62. The largest absolute Gasteiger partial charge is 0.485 e. The van der Waals surface area contributed by atoms with E-state index in [0.29, 0.717) is 12.4 Å². The van der Waals surface area contributed by atoms with Crippen molar-refractivity contribution in [3.05, 3.63) is 51.4 Å². The van der Waals surface area contributed by atoms with Crippen molar-refractivity contribution in [3.63, 3.8) is 0 Å². The zero-order valence-electron chi connectivity index (χ0n) is 14.0. The highest BCUT2D eigenvalue weighted by atomic mass is 35.5. The van der Waals surface area contributed by atoms with Crippen LogP contribution in [0.25, 0.3) is 0 Å². The normalized spacial score (nSPS) is 11.5. The van der Waals surface area contributed by atoms with E-state index in [0.717, 1.165) is 16.6 Å². The van der Waals surface area contributed by atoms with E-state index < -0.39 is 14.4 Å². The van der Waals surface area contributed by atoms with Gasteiger partial charge in [-0.2, -0.15) is 5.10 Å². The third-order valence-corrected chi connectivity index (χ3v) is 8.34. The molecule has 1 aromatic heterocycles. The highest BCUT2D eigenvalue weighted by Gasteiger charge is 2.21. The average molecular weight is 351 g/mol. The number of rotatable bonds is 6. The lowest BCUT2D eigenvalue weighted by molar-refractivity contribution is 0.304. The molecule has 0 fully saturated rings. The molecule has 2 rings (SSSR count). The fourth-order valence-electron chi connectivity index (χ4n) is 3.00. The van der Waals surface area contributed by atoms with Gasteiger partial charge in [0.25, 0.3) is 5.56 Å². The summed E-state index contributed by atoms with van der Waals surface area (Å²) in [7, 11) is -0.971. The number of hydrogen-bond acceptors (Lipinski definition) is 3. The third-order valence-electron chi connectivity index (χ3n) is 3.96. The number of halogens is 1. The van der Waals surface area contributed by atoms with Crippen LogP contribution >= 0.6 is 11.6 Å². The first kappa shape index (κ1) is 17.8. The van der Waals surface area contributed by atoms with E-state index in [-0.39, 0.29) is 5.02 Å². The number of hydrogen-bond donors (Lipinski definition) is 1. The summed E-state index contributed by atoms with van der Waals surface area (Å²) in [6.07, 6.45) is 1.42. The van der Waals surface area contributed by atoms with Crippen LogP contribution in [0.1, 0.15) is 33.3 Å². The molecule has 1 N–H and O–H groups in total. The number of aromatic amines is 1. The van der Waals surface area contributed by atoms with Gasteiger partial charge in [-0.1, -0.05) is 68.7 Å². The maximum absolute atomic E-state index is 11.4. The molecule has 0 atom stereocenters. The van der Waals surface area contributed by atoms with Crippen LogP contribution < -0.4 is 15.5 Å². The van der Waals surface area contributed by atoms with E-state index in [1.807, 2.05) is 0 Å². The quantitative estimate of drug-likeness (QED) is 0.813. The second-order valence-corrected chi connectivity index (χ2v) is 11.2. The van der Waals surface area contributed by atoms with Gasteiger partial charge in [0, 0.05) is 0 Å². The van der Waals surface area contributed by atoms with Crippen LogP contribution in [0.5, 0.6) is 5.75 Å². The zero-order valence-corrected chi connectivity index (χ0v) is 15.9. The van der Waals surface area contributed by atoms with Gasteiger partial charge in [-0.3, -0.25) is 4.79 Å². The fourth-order valence-corrected chi connectivity index (χ4v) is 6.87. The molecule has 2 aromatic rings. The maximum atomic E-state index is 11.4. The smallest absolute Gasteiger partial charge is 0.286 e. The van der Waals surface area contributed by atoms with E-state index in [1.165, 1.54) is 11.4 Å². The Morgan fingerprint density at radius 3 is 2.35 bits per heavy atom. The minimum absolute atomic E-state index is 0.0312. The Morgan fingerprint density at radius 2 is 1.78 bits per heavy atom. The van der Waals surface area contributed by atoms with Crippen LogP contribution in [0.15, 0.2) is 35.3 Å². The van der Waals surface area contributed by atoms with Crippen LogP contribution in [-0.2, 0) is 6.61 Å². The second-order valence-electron chi connectivity index (χ2n) is 6.42. The molecule has 0 aliphatic rings. The lowest BCUT2D eigenvalue weighted by atomic mass is 10.2. The van der Waals surface area contributed by atoms with Crippen molar-refractivity contribution < 1.29 is 4.74 Å². The van der Waals surface area contributed by atoms with E-state index >= 15 is 0 Å². The Hall–Kier alpha value is -1.59. The van der Waals surface area contributed by atoms with Gasteiger partial charge in [0.05, 0.1) is 15.0 Å². The number of nitrogens with one attached hydrogen (secondary N) is 1. The SMILES string of the molecule is CC(C)[SiH](c1ccc(COc2cn[nH]c(=O)c2Cl)cc1)C(C)C. The van der Waals surface area contributed by atoms with Crippen molar-refractivity contribution in [1.82, 2.24) is 10.2 Å². The van der Waals surface area contributed by atoms with Gasteiger partial charge in [-0.25, -0.2) is 5.10 Å². The molecule has 0 saturated heterocycles. The van der Waals surface area contributed by atoms with Crippen LogP contribution in [0.3, 0.4) is 0 Å². The van der Waals surface area contributed by atoms with Crippen molar-refractivity contribution in [2.45, 2.75) is 45.4 Å². The van der Waals surface area contributed by atoms with Gasteiger partial charge >= 0.3 is 0 Å². The molecule has 0 aliphatic carbocycles. The maximum Gasteiger partial charge on any atom is 0.286 e. The number of benzene rings is 1. The van der Waals surface area contributed by atoms with Crippen LogP contribution in [0.4, 0.5) is 0 Å². The molecule has 124 valence electrons. The molecule has 0 radical (unpaired) electrons. The molecule has 0 saturated carbocycles. The molecular formula is C17H23ClN2O2Si. The molecular weight excluding hydrogens is 328 g/mol. The molecule has 0 bridgehead atoms. The van der Waals surface area contributed by atoms with Crippen molar-refractivity contribution in [2.24, 2.45) is 0 Å². The predicted octanol–water partition coefficient (Wildman–Crippen LogP) is 3.26. The highest BCUT2D eigenvalue weighted by molar-refractivity contribution is 6.75. The van der Waals surface area contributed by atoms with Crippen molar-refractivity contribution in [3.8, 4) is 5.75 Å². The molecule has 4 nitrogen and oxygen atoms in total. The third kappa shape index (κ3) is 4.45. The van der Waals surface area contributed by atoms with Gasteiger partial charge in [-0.15, -0.1) is 0 Å². The topological polar surface area (TPSA) is 55.0 Å². The lowest BCUT2D eigenvalue weighted by Crippen LogP contribution is -2.35. The molecule has 0 aliphatic heterocycles. The summed E-state index contributed by atoms with van der Waals surface area (Å²) in [5, 5.41) is 7.47. The van der Waals surface area contributed by atoms with Crippen LogP contribution in [0, 0.1) is 0 Å². The number of ether oxygens (including phenoxy) is 1. The van der Waals surface area contributed by atoms with E-state index in [2.05, 4.69) is 62.2 Å². The van der Waals surface area contributed by atoms with Crippen molar-refractivity contribution >= 4 is 25.6 Å². The summed E-state index contributed by atoms with van der Waals surface area (Å²) < 4.78 is 5.60. The fraction of sp³-hybridized carbons (Fsp3) is 0.412. The number of aromatic nitrogens is 2. The van der Waals surface area contributed by atoms with Crippen molar-refractivity contribution in [1.29, 1.82) is 0 Å². The van der Waals surface area contributed by atoms with E-state index in [9.17, 15) is 4.79 Å². The standard InChI is InChI=1S/C17H23ClN2O2Si/c1-11(2)23(12(3)4)14-7-5-13(6-8-14)10-22-15-9-19-20-17(21)16(15)18/h5-9,11-12,23H,10H2,1-4H3,(H,20,21). The Labute approximate surface area is 143 Å². The predicted molar refractivity (Wildman–Crippen MR) is 97.6 cm³/mol. The Balaban J connectivity index is 2.08. The monoisotopic (exact) mass is 350 g/mol. The van der Waals surface area contributed by atoms with Crippen molar-refractivity contribution in [2.75, 3.05) is 0 Å². The molecule has 6 heteroatoms. The molecule has 0 spiro atoms. The Morgan fingerprint density at radius 1 is 1.17 bits per heavy atom. The highest BCUT2D eigenvalue weighted by Crippen LogP contribution is 2.21. The summed E-state index contributed by atoms with van der Waals surface area (Å²) in [6, 6.07) is 8.61. The van der Waals surface area contributed by atoms with Gasteiger partial charge in [0.2, 0.25) is 0 Å². The Kier molecular flexibility index (Phi) is 6.02. The van der Waals surface area contributed by atoms with Gasteiger partial charge in [0.15, 0.2) is 10.8 Å². The molecule has 1 aromatic carbocycles. The summed E-state index contributed by atoms with van der Waals surface area (Å²) in [5.41, 5.74) is 2.07. The molecule has 0 amide bonds. The lowest BCUT2D eigenvalue weighted by Gasteiger charge is -2.23. The van der Waals surface area contributed by atoms with Gasteiger partial charge in [0.1, 0.15) is 6.61 Å². The number of nitrogens with zero attached hydrogens (tertiary/aromatic N) is 1. The number of H-pyrrole nitrogens is 1. The first-order valence-corrected chi connectivity index (χ1v) is 10.1. The molecule has 23 heavy (non-hydrogen) atoms. The van der Waals surface area contributed by atoms with Crippen LogP contribution in [0.2, 0.25) is 16.1 Å². The van der Waals surface area contributed by atoms with E-state index in [1.54, 1.807) is 0 Å². The second kappa shape index (κ2) is 7.79. The van der Waals surface area contributed by atoms with Gasteiger partial charge < -0.3 is 4.74 Å². The Bertz CT molecular complexity index is 690. The summed E-state index contributed by atoms with van der Waals surface area (Å²) in [5.74, 6) is 0.302. The first-order valence-electron chi connectivity index (χ1n) is 7.85. The summed E-state index contributed by atoms with van der Waals surface area (Å²) >= 11 is 5.89. The zero-order chi connectivity index (χ0) is 17.0. The minimum Gasteiger partial charge on any atom is -0.485 e. The van der Waals surface area contributed by atoms with E-state index in [4.69, 9.17) is 16.3 Å². The summed E-state index contributed by atoms with van der Waals surface area (Å²) in [4.78, 5) is 11.4. The minimum atomic E-state index is -0.971. The molecule has 1 heterocycles. The average Bonchev–Trinajstić information content (AvgIpc) is 2.49.